The van der Waals surface area contributed by atoms with Gasteiger partial charge in [-0.1, -0.05) is 0 Å². The molecule has 0 aromatic rings. The summed E-state index contributed by atoms with van der Waals surface area (Å²) in [6.07, 6.45) is 6.02. The van der Waals surface area contributed by atoms with E-state index in [-0.39, 0.29) is 0 Å². The zero-order valence-corrected chi connectivity index (χ0v) is 8.55. The van der Waals surface area contributed by atoms with Crippen LogP contribution in [0.5, 0.6) is 0 Å². The lowest BCUT2D eigenvalue weighted by atomic mass is 9.86. The van der Waals surface area contributed by atoms with Crippen LogP contribution in [0, 0.1) is 5.92 Å². The molecule has 0 aliphatic carbocycles. The van der Waals surface area contributed by atoms with Crippen molar-refractivity contribution >= 4 is 0 Å². The van der Waals surface area contributed by atoms with Crippen molar-refractivity contribution in [3.8, 4) is 0 Å². The minimum Gasteiger partial charge on any atom is -0.321 e. The summed E-state index contributed by atoms with van der Waals surface area (Å²) in [6.45, 7) is 9.25. The molecule has 0 aromatic carbocycles. The van der Waals surface area contributed by atoms with Crippen LogP contribution in [0.3, 0.4) is 0 Å². The molecule has 2 heterocycles. The zero-order valence-electron chi connectivity index (χ0n) is 8.55. The van der Waals surface area contributed by atoms with Crippen molar-refractivity contribution in [1.82, 2.24) is 0 Å². The van der Waals surface area contributed by atoms with Crippen LogP contribution in [0.15, 0.2) is 0 Å². The highest BCUT2D eigenvalue weighted by Crippen LogP contribution is 2.34. The first-order chi connectivity index (χ1) is 5.73. The van der Waals surface area contributed by atoms with Crippen LogP contribution in [0.4, 0.5) is 0 Å². The van der Waals surface area contributed by atoms with Gasteiger partial charge in [0, 0.05) is 5.92 Å². The summed E-state index contributed by atoms with van der Waals surface area (Å²) in [5, 5.41) is 0. The van der Waals surface area contributed by atoms with Crippen LogP contribution in [-0.2, 0) is 0 Å². The van der Waals surface area contributed by atoms with Crippen molar-refractivity contribution in [2.45, 2.75) is 45.6 Å². The molecule has 2 fully saturated rings. The highest BCUT2D eigenvalue weighted by molar-refractivity contribution is 4.71. The average molecular weight is 168 g/mol. The third-order valence-corrected chi connectivity index (χ3v) is 4.15. The molecule has 1 nitrogen and oxygen atoms in total. The molecule has 2 saturated heterocycles. The van der Waals surface area contributed by atoms with Gasteiger partial charge in [-0.2, -0.15) is 0 Å². The third kappa shape index (κ3) is 1.28. The van der Waals surface area contributed by atoms with Crippen molar-refractivity contribution in [3.05, 3.63) is 0 Å². The van der Waals surface area contributed by atoms with Gasteiger partial charge in [-0.25, -0.2) is 0 Å². The minimum atomic E-state index is 0.869. The van der Waals surface area contributed by atoms with Gasteiger partial charge in [0.05, 0.1) is 25.7 Å². The molecule has 2 rings (SSSR count). The van der Waals surface area contributed by atoms with E-state index in [4.69, 9.17) is 0 Å². The van der Waals surface area contributed by atoms with Gasteiger partial charge in [0.1, 0.15) is 0 Å². The van der Waals surface area contributed by atoms with Gasteiger partial charge < -0.3 is 4.48 Å². The van der Waals surface area contributed by atoms with E-state index in [1.165, 1.54) is 49.8 Å². The molecule has 0 saturated carbocycles. The molecule has 2 aliphatic rings. The maximum Gasteiger partial charge on any atom is 0.0833 e. The fourth-order valence-electron chi connectivity index (χ4n) is 3.25. The summed E-state index contributed by atoms with van der Waals surface area (Å²) in [5.74, 6) is 1.08. The first-order valence-corrected chi connectivity index (χ1v) is 5.59. The van der Waals surface area contributed by atoms with E-state index in [0.29, 0.717) is 0 Å². The van der Waals surface area contributed by atoms with Gasteiger partial charge in [-0.05, 0) is 39.5 Å². The molecule has 70 valence electrons. The van der Waals surface area contributed by atoms with Crippen LogP contribution >= 0.6 is 0 Å². The van der Waals surface area contributed by atoms with Gasteiger partial charge in [-0.15, -0.1) is 0 Å². The third-order valence-electron chi connectivity index (χ3n) is 4.15. The number of hydrogen-bond acceptors (Lipinski definition) is 0. The van der Waals surface area contributed by atoms with Crippen molar-refractivity contribution in [2.75, 3.05) is 19.6 Å². The summed E-state index contributed by atoms with van der Waals surface area (Å²) in [5.41, 5.74) is 0. The van der Waals surface area contributed by atoms with E-state index in [0.717, 1.165) is 12.0 Å². The van der Waals surface area contributed by atoms with Gasteiger partial charge in [0.15, 0.2) is 0 Å². The first kappa shape index (κ1) is 8.55. The number of fused-ring (bicyclic) bond motifs is 2. The molecule has 0 aromatic heterocycles. The summed E-state index contributed by atoms with van der Waals surface area (Å²) in [6, 6.07) is 0.869. The number of nitrogens with zero attached hydrogens (tertiary/aromatic N) is 1. The van der Waals surface area contributed by atoms with Crippen LogP contribution in [-0.4, -0.2) is 30.2 Å². The van der Waals surface area contributed by atoms with Crippen molar-refractivity contribution in [2.24, 2.45) is 5.92 Å². The molecule has 1 heteroatoms. The predicted molar refractivity (Wildman–Crippen MR) is 52.0 cm³/mol. The van der Waals surface area contributed by atoms with Crippen molar-refractivity contribution < 1.29 is 4.48 Å². The summed E-state index contributed by atoms with van der Waals surface area (Å²) >= 11 is 0. The minimum absolute atomic E-state index is 0.869. The fourth-order valence-corrected chi connectivity index (χ4v) is 3.25. The molecule has 0 radical (unpaired) electrons. The largest absolute Gasteiger partial charge is 0.321 e. The lowest BCUT2D eigenvalue weighted by molar-refractivity contribution is -0.959. The second-order valence-corrected chi connectivity index (χ2v) is 5.09. The number of rotatable bonds is 1. The van der Waals surface area contributed by atoms with Gasteiger partial charge in [0.25, 0.3) is 0 Å². The van der Waals surface area contributed by atoms with Crippen molar-refractivity contribution in [1.29, 1.82) is 0 Å². The average Bonchev–Trinajstić information content (AvgIpc) is 2.04. The van der Waals surface area contributed by atoms with E-state index in [9.17, 15) is 0 Å². The molecule has 2 aliphatic heterocycles. The molecular weight excluding hydrogens is 146 g/mol. The van der Waals surface area contributed by atoms with E-state index < -0.39 is 0 Å². The number of piperidine rings is 2. The van der Waals surface area contributed by atoms with Crippen LogP contribution in [0.2, 0.25) is 0 Å². The van der Waals surface area contributed by atoms with Gasteiger partial charge in [-0.3, -0.25) is 0 Å². The molecule has 0 N–H and O–H groups in total. The lowest BCUT2D eigenvalue weighted by Gasteiger charge is -2.50. The summed E-state index contributed by atoms with van der Waals surface area (Å²) < 4.78 is 1.45. The van der Waals surface area contributed by atoms with Gasteiger partial charge >= 0.3 is 0 Å². The quantitative estimate of drug-likeness (QED) is 0.527. The Bertz CT molecular complexity index is 152. The Kier molecular flexibility index (Phi) is 2.16. The number of quaternary nitrogens is 1. The van der Waals surface area contributed by atoms with E-state index in [1.54, 1.807) is 0 Å². The fraction of sp³-hybridized carbons (Fsp3) is 1.00. The topological polar surface area (TPSA) is 0 Å². The van der Waals surface area contributed by atoms with E-state index in [1.807, 2.05) is 0 Å². The highest BCUT2D eigenvalue weighted by Gasteiger charge is 2.40. The summed E-state index contributed by atoms with van der Waals surface area (Å²) in [7, 11) is 0. The maximum atomic E-state index is 2.41. The predicted octanol–water partition coefficient (Wildman–Crippen LogP) is 2.42. The maximum absolute atomic E-state index is 2.41. The number of hydrogen-bond donors (Lipinski definition) is 0. The second kappa shape index (κ2) is 3.02. The molecule has 12 heavy (non-hydrogen) atoms. The molecule has 0 amide bonds. The Morgan fingerprint density at radius 3 is 2.08 bits per heavy atom. The smallest absolute Gasteiger partial charge is 0.0833 e. The Balaban J connectivity index is 2.12. The Morgan fingerprint density at radius 2 is 1.67 bits per heavy atom. The molecule has 0 unspecified atom stereocenters. The normalized spacial score (nSPS) is 41.8. The highest BCUT2D eigenvalue weighted by atomic mass is 15.4. The van der Waals surface area contributed by atoms with E-state index >= 15 is 0 Å². The van der Waals surface area contributed by atoms with Crippen LogP contribution in [0.25, 0.3) is 0 Å². The lowest BCUT2D eigenvalue weighted by Crippen LogP contribution is -2.60. The first-order valence-electron chi connectivity index (χ1n) is 5.59. The van der Waals surface area contributed by atoms with Gasteiger partial charge in [0.2, 0.25) is 0 Å². The second-order valence-electron chi connectivity index (χ2n) is 5.09. The molecular formula is C11H22N+. The molecule has 2 bridgehead atoms. The monoisotopic (exact) mass is 168 g/mol. The van der Waals surface area contributed by atoms with E-state index in [2.05, 4.69) is 13.8 Å². The van der Waals surface area contributed by atoms with Crippen LogP contribution in [0.1, 0.15) is 39.5 Å². The van der Waals surface area contributed by atoms with Crippen molar-refractivity contribution in [3.63, 3.8) is 0 Å². The Morgan fingerprint density at radius 1 is 1.08 bits per heavy atom. The Labute approximate surface area is 76.3 Å². The Hall–Kier alpha value is -0.0400. The standard InChI is InChI=1S/C11H22N/c1-10(2)12-7-3-5-11(9-12)6-4-8-12/h10-11H,3-9H2,1-2H3/q+1. The SMILES string of the molecule is CC(C)[N+]12CCCC(CCC1)C2. The molecule has 0 atom stereocenters. The molecule has 0 spiro atoms. The summed E-state index contributed by atoms with van der Waals surface area (Å²) in [4.78, 5) is 0. The zero-order chi connectivity index (χ0) is 8.60. The van der Waals surface area contributed by atoms with Crippen LogP contribution < -0.4 is 0 Å².